The van der Waals surface area contributed by atoms with E-state index in [9.17, 15) is 14.4 Å². The van der Waals surface area contributed by atoms with Crippen molar-refractivity contribution in [3.63, 3.8) is 0 Å². The van der Waals surface area contributed by atoms with Gasteiger partial charge in [-0.2, -0.15) is 0 Å². The molecule has 0 fully saturated rings. The Morgan fingerprint density at radius 1 is 1.00 bits per heavy atom. The maximum Gasteiger partial charge on any atom is 0.344 e. The number of esters is 1. The Hall–Kier alpha value is -3.15. The predicted molar refractivity (Wildman–Crippen MR) is 111 cm³/mol. The molecule has 2 aromatic rings. The minimum Gasteiger partial charge on any atom is -0.482 e. The lowest BCUT2D eigenvalue weighted by Crippen LogP contribution is -2.32. The molecule has 0 heterocycles. The van der Waals surface area contributed by atoms with E-state index in [0.717, 1.165) is 22.4 Å². The predicted octanol–water partition coefficient (Wildman–Crippen LogP) is 4.15. The first-order valence-electron chi connectivity index (χ1n) is 9.55. The summed E-state index contributed by atoms with van der Waals surface area (Å²) in [6.45, 7) is 8.80. The van der Waals surface area contributed by atoms with Crippen LogP contribution in [0, 0.1) is 20.8 Å². The molecule has 154 valence electrons. The Labute approximate surface area is 171 Å². The summed E-state index contributed by atoms with van der Waals surface area (Å²) in [5.41, 5.74) is 4.32. The Kier molecular flexibility index (Phi) is 7.53. The summed E-state index contributed by atoms with van der Waals surface area (Å²) in [5.74, 6) is -0.581. The van der Waals surface area contributed by atoms with E-state index in [-0.39, 0.29) is 12.4 Å². The van der Waals surface area contributed by atoms with Crippen LogP contribution in [0.1, 0.15) is 47.3 Å². The molecule has 0 spiro atoms. The van der Waals surface area contributed by atoms with Gasteiger partial charge in [0.2, 0.25) is 0 Å². The van der Waals surface area contributed by atoms with Gasteiger partial charge in [0, 0.05) is 17.7 Å². The first-order valence-corrected chi connectivity index (χ1v) is 9.55. The fraction of sp³-hybridized carbons (Fsp3) is 0.348. The number of hydrogen-bond donors (Lipinski definition) is 1. The van der Waals surface area contributed by atoms with Crippen LogP contribution in [-0.2, 0) is 14.3 Å². The number of nitrogens with one attached hydrogen (secondary N) is 1. The number of anilines is 1. The second kappa shape index (κ2) is 9.87. The zero-order valence-electron chi connectivity index (χ0n) is 17.5. The third-order valence-corrected chi connectivity index (χ3v) is 4.46. The lowest BCUT2D eigenvalue weighted by atomic mass is 10.0. The van der Waals surface area contributed by atoms with Crippen LogP contribution in [0.4, 0.5) is 5.69 Å². The Balaban J connectivity index is 1.87. The SMILES string of the molecule is CCC(=O)c1ccc(OCC(=O)OC(C)C(=O)Nc2c(C)cc(C)cc2C)cc1. The van der Waals surface area contributed by atoms with Crippen molar-refractivity contribution in [3.8, 4) is 5.75 Å². The Morgan fingerprint density at radius 3 is 2.14 bits per heavy atom. The maximum atomic E-state index is 12.4. The Bertz CT molecular complexity index is 879. The highest BCUT2D eigenvalue weighted by molar-refractivity contribution is 5.96. The average molecular weight is 397 g/mol. The highest BCUT2D eigenvalue weighted by Crippen LogP contribution is 2.22. The second-order valence-electron chi connectivity index (χ2n) is 6.98. The van der Waals surface area contributed by atoms with Crippen LogP contribution in [0.5, 0.6) is 5.75 Å². The molecule has 0 aliphatic carbocycles. The third kappa shape index (κ3) is 6.17. The number of carbonyl (C=O) groups is 3. The molecular weight excluding hydrogens is 370 g/mol. The molecule has 2 rings (SSSR count). The van der Waals surface area contributed by atoms with E-state index >= 15 is 0 Å². The van der Waals surface area contributed by atoms with Crippen molar-refractivity contribution in [2.45, 2.75) is 47.1 Å². The summed E-state index contributed by atoms with van der Waals surface area (Å²) in [6.07, 6.45) is -0.538. The van der Waals surface area contributed by atoms with E-state index in [2.05, 4.69) is 5.32 Å². The molecule has 0 saturated carbocycles. The van der Waals surface area contributed by atoms with Gasteiger partial charge in [-0.3, -0.25) is 9.59 Å². The first-order chi connectivity index (χ1) is 13.7. The van der Waals surface area contributed by atoms with Gasteiger partial charge >= 0.3 is 5.97 Å². The molecule has 6 nitrogen and oxygen atoms in total. The molecule has 1 unspecified atom stereocenters. The van der Waals surface area contributed by atoms with Crippen LogP contribution in [0.2, 0.25) is 0 Å². The number of rotatable bonds is 8. The summed E-state index contributed by atoms with van der Waals surface area (Å²) in [5, 5.41) is 2.82. The number of ether oxygens (including phenoxy) is 2. The molecular formula is C23H27NO5. The van der Waals surface area contributed by atoms with Crippen LogP contribution in [0.15, 0.2) is 36.4 Å². The Morgan fingerprint density at radius 2 is 1.59 bits per heavy atom. The third-order valence-electron chi connectivity index (χ3n) is 4.46. The summed E-state index contributed by atoms with van der Waals surface area (Å²) in [6, 6.07) is 10.5. The molecule has 6 heteroatoms. The van der Waals surface area contributed by atoms with E-state index in [1.165, 1.54) is 6.92 Å². The minimum absolute atomic E-state index is 0.0369. The van der Waals surface area contributed by atoms with E-state index in [1.807, 2.05) is 32.9 Å². The quantitative estimate of drug-likeness (QED) is 0.534. The van der Waals surface area contributed by atoms with Crippen molar-refractivity contribution in [2.75, 3.05) is 11.9 Å². The monoisotopic (exact) mass is 397 g/mol. The molecule has 1 N–H and O–H groups in total. The van der Waals surface area contributed by atoms with Crippen molar-refractivity contribution in [1.29, 1.82) is 0 Å². The molecule has 0 saturated heterocycles. The molecule has 29 heavy (non-hydrogen) atoms. The summed E-state index contributed by atoms with van der Waals surface area (Å²) >= 11 is 0. The maximum absolute atomic E-state index is 12.4. The van der Waals surface area contributed by atoms with Crippen molar-refractivity contribution in [3.05, 3.63) is 58.7 Å². The summed E-state index contributed by atoms with van der Waals surface area (Å²) in [7, 11) is 0. The smallest absolute Gasteiger partial charge is 0.344 e. The lowest BCUT2D eigenvalue weighted by Gasteiger charge is -2.17. The zero-order valence-corrected chi connectivity index (χ0v) is 17.5. The summed E-state index contributed by atoms with van der Waals surface area (Å²) in [4.78, 5) is 36.0. The molecule has 0 aromatic heterocycles. The van der Waals surface area contributed by atoms with Gasteiger partial charge in [0.15, 0.2) is 18.5 Å². The number of hydrogen-bond acceptors (Lipinski definition) is 5. The molecule has 0 radical (unpaired) electrons. The standard InChI is InChI=1S/C23H27NO5/c1-6-20(25)18-7-9-19(10-8-18)28-13-21(26)29-17(5)23(27)24-22-15(3)11-14(2)12-16(22)4/h7-12,17H,6,13H2,1-5H3,(H,24,27). The number of ketones is 1. The van der Waals surface area contributed by atoms with Gasteiger partial charge in [-0.15, -0.1) is 0 Å². The molecule has 1 amide bonds. The van der Waals surface area contributed by atoms with Crippen LogP contribution >= 0.6 is 0 Å². The highest BCUT2D eigenvalue weighted by atomic mass is 16.6. The van der Waals surface area contributed by atoms with Gasteiger partial charge in [0.1, 0.15) is 5.75 Å². The van der Waals surface area contributed by atoms with Crippen LogP contribution in [-0.4, -0.2) is 30.4 Å². The topological polar surface area (TPSA) is 81.7 Å². The number of amides is 1. The normalized spacial score (nSPS) is 11.5. The number of aryl methyl sites for hydroxylation is 3. The minimum atomic E-state index is -0.962. The zero-order chi connectivity index (χ0) is 21.6. The van der Waals surface area contributed by atoms with Gasteiger partial charge in [-0.1, -0.05) is 24.6 Å². The van der Waals surface area contributed by atoms with Gasteiger partial charge in [0.25, 0.3) is 5.91 Å². The second-order valence-corrected chi connectivity index (χ2v) is 6.98. The first kappa shape index (κ1) is 22.1. The number of benzene rings is 2. The van der Waals surface area contributed by atoms with E-state index in [1.54, 1.807) is 31.2 Å². The number of Topliss-reactive ketones (excluding diaryl/α,β-unsaturated/α-hetero) is 1. The number of carbonyl (C=O) groups excluding carboxylic acids is 3. The fourth-order valence-corrected chi connectivity index (χ4v) is 2.97. The molecule has 1 atom stereocenters. The fourth-order valence-electron chi connectivity index (χ4n) is 2.97. The molecule has 2 aromatic carbocycles. The van der Waals surface area contributed by atoms with E-state index < -0.39 is 18.0 Å². The van der Waals surface area contributed by atoms with Crippen molar-refractivity contribution in [2.24, 2.45) is 0 Å². The van der Waals surface area contributed by atoms with Gasteiger partial charge < -0.3 is 14.8 Å². The van der Waals surface area contributed by atoms with Crippen molar-refractivity contribution in [1.82, 2.24) is 0 Å². The van der Waals surface area contributed by atoms with Crippen molar-refractivity contribution < 1.29 is 23.9 Å². The van der Waals surface area contributed by atoms with Gasteiger partial charge in [-0.05, 0) is 63.1 Å². The molecule has 0 aliphatic heterocycles. The lowest BCUT2D eigenvalue weighted by molar-refractivity contribution is -0.155. The van der Waals surface area contributed by atoms with Gasteiger partial charge in [-0.25, -0.2) is 4.79 Å². The van der Waals surface area contributed by atoms with Crippen molar-refractivity contribution >= 4 is 23.3 Å². The highest BCUT2D eigenvalue weighted by Gasteiger charge is 2.19. The van der Waals surface area contributed by atoms with E-state index in [0.29, 0.717) is 17.7 Å². The van der Waals surface area contributed by atoms with Crippen LogP contribution in [0.3, 0.4) is 0 Å². The average Bonchev–Trinajstić information content (AvgIpc) is 2.68. The van der Waals surface area contributed by atoms with Crippen LogP contribution in [0.25, 0.3) is 0 Å². The summed E-state index contributed by atoms with van der Waals surface area (Å²) < 4.78 is 10.5. The van der Waals surface area contributed by atoms with E-state index in [4.69, 9.17) is 9.47 Å². The molecule has 0 bridgehead atoms. The van der Waals surface area contributed by atoms with Gasteiger partial charge in [0.05, 0.1) is 0 Å². The van der Waals surface area contributed by atoms with Crippen LogP contribution < -0.4 is 10.1 Å². The largest absolute Gasteiger partial charge is 0.482 e. The molecule has 0 aliphatic rings.